The van der Waals surface area contributed by atoms with Crippen molar-refractivity contribution in [2.75, 3.05) is 4.72 Å². The molecule has 1 aromatic carbocycles. The van der Waals surface area contributed by atoms with E-state index in [0.29, 0.717) is 0 Å². The van der Waals surface area contributed by atoms with Gasteiger partial charge in [-0.05, 0) is 12.1 Å². The van der Waals surface area contributed by atoms with Crippen LogP contribution in [0, 0.1) is 0 Å². The van der Waals surface area contributed by atoms with E-state index >= 15 is 0 Å². The van der Waals surface area contributed by atoms with Crippen molar-refractivity contribution in [1.82, 2.24) is 14.8 Å². The van der Waals surface area contributed by atoms with Crippen molar-refractivity contribution in [3.05, 3.63) is 41.3 Å². The average Bonchev–Trinajstić information content (AvgIpc) is 3.05. The SMILES string of the molecule is Cn1cc(S(=O)(=O)Nc2ccc(C(F)(F)F)c3c(Cl)c[nH]c23)cn1. The molecule has 0 atom stereocenters. The molecule has 11 heteroatoms. The number of benzene rings is 1. The van der Waals surface area contributed by atoms with Gasteiger partial charge in [-0.3, -0.25) is 9.40 Å². The van der Waals surface area contributed by atoms with E-state index in [2.05, 4.69) is 14.8 Å². The first-order valence-electron chi connectivity index (χ1n) is 6.48. The second-order valence-corrected chi connectivity index (χ2v) is 7.09. The van der Waals surface area contributed by atoms with Crippen molar-refractivity contribution in [2.45, 2.75) is 11.1 Å². The van der Waals surface area contributed by atoms with E-state index in [1.807, 2.05) is 0 Å². The van der Waals surface area contributed by atoms with Crippen molar-refractivity contribution in [3.63, 3.8) is 0 Å². The molecule has 2 N–H and O–H groups in total. The zero-order chi connectivity index (χ0) is 17.7. The van der Waals surface area contributed by atoms with Crippen molar-refractivity contribution >= 4 is 38.2 Å². The third kappa shape index (κ3) is 2.82. The maximum atomic E-state index is 13.1. The highest BCUT2D eigenvalue weighted by Gasteiger charge is 2.34. The number of halogens is 4. The van der Waals surface area contributed by atoms with Crippen molar-refractivity contribution < 1.29 is 21.6 Å². The third-order valence-electron chi connectivity index (χ3n) is 3.33. The Bertz CT molecular complexity index is 1020. The van der Waals surface area contributed by atoms with Crippen molar-refractivity contribution in [2.24, 2.45) is 7.05 Å². The Balaban J connectivity index is 2.12. The molecule has 0 unspecified atom stereocenters. The zero-order valence-electron chi connectivity index (χ0n) is 12.0. The standard InChI is InChI=1S/C13H10ClF3N4O2S/c1-21-6-7(4-19-21)24(22,23)20-10-3-2-8(13(15,16)17)11-9(14)5-18-12(10)11/h2-6,18,20H,1H3. The minimum atomic E-state index is -4.62. The predicted molar refractivity (Wildman–Crippen MR) is 82.3 cm³/mol. The molecule has 2 aromatic heterocycles. The Labute approximate surface area is 139 Å². The smallest absolute Gasteiger partial charge is 0.358 e. The van der Waals surface area contributed by atoms with Crippen LogP contribution in [-0.4, -0.2) is 23.2 Å². The summed E-state index contributed by atoms with van der Waals surface area (Å²) < 4.78 is 67.4. The molecule has 0 amide bonds. The van der Waals surface area contributed by atoms with Crippen LogP contribution in [-0.2, 0) is 23.2 Å². The molecule has 0 spiro atoms. The Morgan fingerprint density at radius 1 is 1.33 bits per heavy atom. The fourth-order valence-electron chi connectivity index (χ4n) is 2.27. The summed E-state index contributed by atoms with van der Waals surface area (Å²) in [5, 5.41) is 3.31. The summed E-state index contributed by atoms with van der Waals surface area (Å²) in [6.45, 7) is 0. The van der Waals surface area contributed by atoms with Gasteiger partial charge in [-0.2, -0.15) is 18.3 Å². The summed E-state index contributed by atoms with van der Waals surface area (Å²) in [5.41, 5.74) is -1.05. The summed E-state index contributed by atoms with van der Waals surface area (Å²) in [6.07, 6.45) is -1.05. The molecular formula is C13H10ClF3N4O2S. The highest BCUT2D eigenvalue weighted by atomic mass is 35.5. The van der Waals surface area contributed by atoms with Gasteiger partial charge in [-0.1, -0.05) is 11.6 Å². The third-order valence-corrected chi connectivity index (χ3v) is 4.95. The quantitative estimate of drug-likeness (QED) is 0.733. The number of hydrogen-bond donors (Lipinski definition) is 2. The Morgan fingerprint density at radius 2 is 2.04 bits per heavy atom. The second-order valence-electron chi connectivity index (χ2n) is 5.00. The number of nitrogens with one attached hydrogen (secondary N) is 2. The molecule has 3 rings (SSSR count). The maximum absolute atomic E-state index is 13.1. The number of fused-ring (bicyclic) bond motifs is 1. The first-order valence-corrected chi connectivity index (χ1v) is 8.34. The van der Waals surface area contributed by atoms with Crippen molar-refractivity contribution in [1.29, 1.82) is 0 Å². The largest absolute Gasteiger partial charge is 0.417 e. The first-order chi connectivity index (χ1) is 11.1. The molecule has 0 saturated carbocycles. The van der Waals surface area contributed by atoms with Gasteiger partial charge in [-0.25, -0.2) is 8.42 Å². The van der Waals surface area contributed by atoms with Gasteiger partial charge in [0, 0.05) is 24.8 Å². The summed E-state index contributed by atoms with van der Waals surface area (Å²) in [4.78, 5) is 2.45. The number of hydrogen-bond acceptors (Lipinski definition) is 3. The van der Waals surface area contributed by atoms with E-state index in [9.17, 15) is 21.6 Å². The lowest BCUT2D eigenvalue weighted by Gasteiger charge is -2.12. The summed E-state index contributed by atoms with van der Waals surface area (Å²) in [5.74, 6) is 0. The molecule has 24 heavy (non-hydrogen) atoms. The van der Waals surface area contributed by atoms with Crippen LogP contribution in [0.1, 0.15) is 5.56 Å². The summed E-state index contributed by atoms with van der Waals surface area (Å²) in [6, 6.07) is 1.81. The average molecular weight is 379 g/mol. The number of sulfonamides is 1. The fraction of sp³-hybridized carbons (Fsp3) is 0.154. The van der Waals surface area contributed by atoms with Crippen LogP contribution in [0.15, 0.2) is 35.6 Å². The van der Waals surface area contributed by atoms with Gasteiger partial charge in [0.2, 0.25) is 0 Å². The molecule has 128 valence electrons. The Hall–Kier alpha value is -2.20. The van der Waals surface area contributed by atoms with E-state index in [1.165, 1.54) is 17.1 Å². The highest BCUT2D eigenvalue weighted by molar-refractivity contribution is 7.92. The second kappa shape index (κ2) is 5.42. The van der Waals surface area contributed by atoms with Gasteiger partial charge < -0.3 is 4.98 Å². The molecule has 3 aromatic rings. The van der Waals surface area contributed by atoms with Gasteiger partial charge >= 0.3 is 6.18 Å². The molecule has 0 aliphatic carbocycles. The van der Waals surface area contributed by atoms with E-state index in [0.717, 1.165) is 18.3 Å². The number of nitrogens with zero attached hydrogens (tertiary/aromatic N) is 2. The maximum Gasteiger partial charge on any atom is 0.417 e. The van der Waals surface area contributed by atoms with E-state index in [-0.39, 0.29) is 26.5 Å². The van der Waals surface area contributed by atoms with Crippen LogP contribution in [0.25, 0.3) is 10.9 Å². The van der Waals surface area contributed by atoms with Crippen LogP contribution in [0.5, 0.6) is 0 Å². The van der Waals surface area contributed by atoms with Crippen LogP contribution in [0.3, 0.4) is 0 Å². The number of anilines is 1. The van der Waals surface area contributed by atoms with Gasteiger partial charge in [0.1, 0.15) is 4.90 Å². The molecule has 0 aliphatic rings. The number of aromatic nitrogens is 3. The van der Waals surface area contributed by atoms with E-state index in [4.69, 9.17) is 11.6 Å². The van der Waals surface area contributed by atoms with Crippen LogP contribution < -0.4 is 4.72 Å². The lowest BCUT2D eigenvalue weighted by molar-refractivity contribution is -0.136. The molecule has 0 radical (unpaired) electrons. The van der Waals surface area contributed by atoms with Crippen LogP contribution in [0.4, 0.5) is 18.9 Å². The number of alkyl halides is 3. The molecule has 0 fully saturated rings. The monoisotopic (exact) mass is 378 g/mol. The summed E-state index contributed by atoms with van der Waals surface area (Å²) >= 11 is 5.83. The van der Waals surface area contributed by atoms with E-state index in [1.54, 1.807) is 7.05 Å². The zero-order valence-corrected chi connectivity index (χ0v) is 13.6. The van der Waals surface area contributed by atoms with Crippen LogP contribution >= 0.6 is 11.6 Å². The van der Waals surface area contributed by atoms with E-state index < -0.39 is 21.8 Å². The first kappa shape index (κ1) is 16.7. The molecular weight excluding hydrogens is 369 g/mol. The van der Waals surface area contributed by atoms with Crippen LogP contribution in [0.2, 0.25) is 5.02 Å². The van der Waals surface area contributed by atoms with Gasteiger partial charge in [-0.15, -0.1) is 0 Å². The lowest BCUT2D eigenvalue weighted by Crippen LogP contribution is -2.13. The molecule has 0 aliphatic heterocycles. The minimum Gasteiger partial charge on any atom is -0.358 e. The lowest BCUT2D eigenvalue weighted by atomic mass is 10.1. The number of H-pyrrole nitrogens is 1. The molecule has 0 saturated heterocycles. The van der Waals surface area contributed by atoms with Gasteiger partial charge in [0.15, 0.2) is 0 Å². The topological polar surface area (TPSA) is 79.8 Å². The van der Waals surface area contributed by atoms with Crippen molar-refractivity contribution in [3.8, 4) is 0 Å². The van der Waals surface area contributed by atoms with Gasteiger partial charge in [0.05, 0.1) is 28.0 Å². The number of aromatic amines is 1. The molecule has 0 bridgehead atoms. The summed E-state index contributed by atoms with van der Waals surface area (Å²) in [7, 11) is -2.46. The molecule has 2 heterocycles. The number of aryl methyl sites for hydroxylation is 1. The number of rotatable bonds is 3. The van der Waals surface area contributed by atoms with Gasteiger partial charge in [0.25, 0.3) is 10.0 Å². The predicted octanol–water partition coefficient (Wildman–Crippen LogP) is 3.37. The normalized spacial score (nSPS) is 12.7. The minimum absolute atomic E-state index is 0.0475. The molecule has 6 nitrogen and oxygen atoms in total. The highest BCUT2D eigenvalue weighted by Crippen LogP contribution is 2.40. The Kier molecular flexibility index (Phi) is 3.76. The Morgan fingerprint density at radius 3 is 2.62 bits per heavy atom. The fourth-order valence-corrected chi connectivity index (χ4v) is 3.58.